The Bertz CT molecular complexity index is 1190. The highest BCUT2D eigenvalue weighted by Crippen LogP contribution is 2.60. The number of ketones is 1. The lowest BCUT2D eigenvalue weighted by Crippen LogP contribution is -2.64. The van der Waals surface area contributed by atoms with Crippen molar-refractivity contribution in [2.24, 2.45) is 5.92 Å². The molecule has 5 rings (SSSR count). The molecular weight excluding hydrogens is 428 g/mol. The molecule has 0 fully saturated rings. The third-order valence-electron chi connectivity index (χ3n) is 7.46. The number of hydrogen-bond donors (Lipinski definition) is 2. The van der Waals surface area contributed by atoms with Gasteiger partial charge in [0.1, 0.15) is 35.2 Å². The van der Waals surface area contributed by atoms with Gasteiger partial charge in [-0.25, -0.2) is 0 Å². The van der Waals surface area contributed by atoms with Crippen molar-refractivity contribution in [3.63, 3.8) is 0 Å². The van der Waals surface area contributed by atoms with Gasteiger partial charge in [-0.05, 0) is 25.8 Å². The van der Waals surface area contributed by atoms with Crippen LogP contribution in [0.2, 0.25) is 0 Å². The van der Waals surface area contributed by atoms with Crippen molar-refractivity contribution in [2.75, 3.05) is 20.8 Å². The van der Waals surface area contributed by atoms with Gasteiger partial charge in [-0.15, -0.1) is 0 Å². The number of aromatic hydroxyl groups is 2. The zero-order chi connectivity index (χ0) is 23.9. The Morgan fingerprint density at radius 2 is 1.73 bits per heavy atom. The number of phenols is 2. The normalized spacial score (nSPS) is 26.9. The van der Waals surface area contributed by atoms with Crippen LogP contribution in [0.5, 0.6) is 40.2 Å². The number of benzene rings is 2. The Morgan fingerprint density at radius 3 is 2.36 bits per heavy atom. The first-order chi connectivity index (χ1) is 15.6. The maximum absolute atomic E-state index is 14.2. The van der Waals surface area contributed by atoms with E-state index >= 15 is 0 Å². The maximum atomic E-state index is 14.2. The topological polar surface area (TPSA) is 104 Å². The molecule has 0 saturated heterocycles. The van der Waals surface area contributed by atoms with E-state index in [2.05, 4.69) is 0 Å². The summed E-state index contributed by atoms with van der Waals surface area (Å²) in [6.45, 7) is 7.71. The molecule has 0 amide bonds. The van der Waals surface area contributed by atoms with Crippen molar-refractivity contribution < 1.29 is 38.7 Å². The molecule has 8 nitrogen and oxygen atoms in total. The van der Waals surface area contributed by atoms with Gasteiger partial charge in [0, 0.05) is 23.6 Å². The van der Waals surface area contributed by atoms with Gasteiger partial charge in [-0.2, -0.15) is 0 Å². The van der Waals surface area contributed by atoms with Crippen LogP contribution >= 0.6 is 0 Å². The van der Waals surface area contributed by atoms with Crippen LogP contribution in [-0.4, -0.2) is 48.5 Å². The Labute approximate surface area is 192 Å². The average molecular weight is 456 g/mol. The minimum atomic E-state index is -1.23. The van der Waals surface area contributed by atoms with Gasteiger partial charge in [-0.3, -0.25) is 4.79 Å². The first-order valence-corrected chi connectivity index (χ1v) is 11.0. The SMILES string of the molecule is COc1cc2c(cc1OC)[C@]1(C)C(=O)c3c(O)c(O)c4c(c3O[C@]1(C)CO2)C[C@H](C(C)C)O4. The summed E-state index contributed by atoms with van der Waals surface area (Å²) in [5, 5.41) is 21.7. The molecule has 3 heterocycles. The minimum Gasteiger partial charge on any atom is -0.504 e. The Morgan fingerprint density at radius 1 is 1.06 bits per heavy atom. The first kappa shape index (κ1) is 21.6. The number of methoxy groups -OCH3 is 2. The molecule has 0 spiro atoms. The van der Waals surface area contributed by atoms with Gasteiger partial charge in [0.05, 0.1) is 14.2 Å². The van der Waals surface area contributed by atoms with Crippen molar-refractivity contribution in [3.8, 4) is 40.2 Å². The standard InChI is InChI=1S/C25H28O8/c1-11(2)14-7-12-21-18(19(26)20(27)22(12)32-14)23(28)25(4)13-8-16(29-5)17(30-6)9-15(13)31-10-24(25,3)33-21/h8-9,11,14,26-27H,7,10H2,1-6H3/t14-,24-,25-/m1/s1. The summed E-state index contributed by atoms with van der Waals surface area (Å²) in [6.07, 6.45) is 0.266. The van der Waals surface area contributed by atoms with Crippen LogP contribution in [0.1, 0.15) is 49.2 Å². The predicted molar refractivity (Wildman–Crippen MR) is 118 cm³/mol. The van der Waals surface area contributed by atoms with Gasteiger partial charge in [-0.1, -0.05) is 13.8 Å². The molecule has 0 bridgehead atoms. The van der Waals surface area contributed by atoms with E-state index in [-0.39, 0.29) is 41.5 Å². The smallest absolute Gasteiger partial charge is 0.201 e. The average Bonchev–Trinajstić information content (AvgIpc) is 3.25. The number of ether oxygens (including phenoxy) is 5. The van der Waals surface area contributed by atoms with E-state index in [0.717, 1.165) is 0 Å². The molecule has 8 heteroatoms. The number of carbonyl (C=O) groups excluding carboxylic acids is 1. The van der Waals surface area contributed by atoms with Gasteiger partial charge < -0.3 is 33.9 Å². The molecular formula is C25H28O8. The van der Waals surface area contributed by atoms with Gasteiger partial charge in [0.15, 0.2) is 34.4 Å². The van der Waals surface area contributed by atoms with E-state index in [1.165, 1.54) is 14.2 Å². The Balaban J connectivity index is 1.74. The summed E-state index contributed by atoms with van der Waals surface area (Å²) in [4.78, 5) is 14.2. The summed E-state index contributed by atoms with van der Waals surface area (Å²) in [5.74, 6) is 0.649. The molecule has 2 N–H and O–H groups in total. The number of rotatable bonds is 3. The highest BCUT2D eigenvalue weighted by Gasteiger charge is 2.62. The maximum Gasteiger partial charge on any atom is 0.201 e. The number of hydrogen-bond acceptors (Lipinski definition) is 8. The Kier molecular flexibility index (Phi) is 4.48. The predicted octanol–water partition coefficient (Wildman–Crippen LogP) is 3.76. The highest BCUT2D eigenvalue weighted by molar-refractivity contribution is 6.12. The molecule has 0 unspecified atom stereocenters. The lowest BCUT2D eigenvalue weighted by molar-refractivity contribution is -0.0435. The van der Waals surface area contributed by atoms with E-state index in [1.54, 1.807) is 19.1 Å². The zero-order valence-electron chi connectivity index (χ0n) is 19.6. The van der Waals surface area contributed by atoms with Crippen LogP contribution in [0.4, 0.5) is 0 Å². The van der Waals surface area contributed by atoms with Crippen LogP contribution in [0.25, 0.3) is 0 Å². The quantitative estimate of drug-likeness (QED) is 0.673. The van der Waals surface area contributed by atoms with Crippen molar-refractivity contribution >= 4 is 5.78 Å². The molecule has 33 heavy (non-hydrogen) atoms. The fourth-order valence-electron chi connectivity index (χ4n) is 5.12. The summed E-state index contributed by atoms with van der Waals surface area (Å²) >= 11 is 0. The fraction of sp³-hybridized carbons (Fsp3) is 0.480. The number of fused-ring (bicyclic) bond motifs is 6. The summed E-state index contributed by atoms with van der Waals surface area (Å²) in [5.41, 5.74) is -1.21. The van der Waals surface area contributed by atoms with E-state index < -0.39 is 22.5 Å². The zero-order valence-corrected chi connectivity index (χ0v) is 19.6. The van der Waals surface area contributed by atoms with Crippen molar-refractivity contribution in [1.29, 1.82) is 0 Å². The second-order valence-electron chi connectivity index (χ2n) is 9.59. The van der Waals surface area contributed by atoms with Crippen LogP contribution in [0.15, 0.2) is 12.1 Å². The van der Waals surface area contributed by atoms with Crippen LogP contribution in [0.3, 0.4) is 0 Å². The van der Waals surface area contributed by atoms with E-state index in [4.69, 9.17) is 23.7 Å². The third kappa shape index (κ3) is 2.60. The summed E-state index contributed by atoms with van der Waals surface area (Å²) in [6, 6.07) is 3.39. The van der Waals surface area contributed by atoms with Gasteiger partial charge >= 0.3 is 0 Å². The highest BCUT2D eigenvalue weighted by atomic mass is 16.6. The number of Topliss-reactive ketones (excluding diaryl/α,β-unsaturated/α-hetero) is 1. The minimum absolute atomic E-state index is 0.0399. The van der Waals surface area contributed by atoms with Gasteiger partial charge in [0.25, 0.3) is 0 Å². The molecule has 0 saturated carbocycles. The van der Waals surface area contributed by atoms with Gasteiger partial charge in [0.2, 0.25) is 5.75 Å². The third-order valence-corrected chi connectivity index (χ3v) is 7.46. The van der Waals surface area contributed by atoms with Crippen molar-refractivity contribution in [1.82, 2.24) is 0 Å². The fourth-order valence-corrected chi connectivity index (χ4v) is 5.12. The summed E-state index contributed by atoms with van der Waals surface area (Å²) < 4.78 is 29.3. The lowest BCUT2D eigenvalue weighted by atomic mass is 9.62. The molecule has 0 aliphatic carbocycles. The molecule has 3 aliphatic rings. The van der Waals surface area contributed by atoms with Crippen molar-refractivity contribution in [3.05, 3.63) is 28.8 Å². The van der Waals surface area contributed by atoms with E-state index in [0.29, 0.717) is 34.8 Å². The second kappa shape index (κ2) is 6.85. The molecule has 176 valence electrons. The summed E-state index contributed by atoms with van der Waals surface area (Å²) in [7, 11) is 3.04. The Hall–Kier alpha value is -3.29. The monoisotopic (exact) mass is 456 g/mol. The lowest BCUT2D eigenvalue weighted by Gasteiger charge is -2.51. The molecule has 2 aromatic carbocycles. The molecule has 3 atom stereocenters. The first-order valence-electron chi connectivity index (χ1n) is 11.0. The van der Waals surface area contributed by atoms with Crippen LogP contribution in [0, 0.1) is 5.92 Å². The van der Waals surface area contributed by atoms with Crippen LogP contribution in [-0.2, 0) is 11.8 Å². The molecule has 0 aromatic heterocycles. The second-order valence-corrected chi connectivity index (χ2v) is 9.59. The number of phenolic OH excluding ortho intramolecular Hbond substituents is 2. The van der Waals surface area contributed by atoms with Crippen LogP contribution < -0.4 is 23.7 Å². The molecule has 2 aromatic rings. The molecule has 0 radical (unpaired) electrons. The van der Waals surface area contributed by atoms with Crippen molar-refractivity contribution in [2.45, 2.75) is 51.2 Å². The largest absolute Gasteiger partial charge is 0.504 e. The van der Waals surface area contributed by atoms with E-state index in [1.807, 2.05) is 20.8 Å². The number of carbonyl (C=O) groups is 1. The molecule has 3 aliphatic heterocycles. The van der Waals surface area contributed by atoms with E-state index in [9.17, 15) is 15.0 Å².